The molecule has 0 aromatic carbocycles. The van der Waals surface area contributed by atoms with Gasteiger partial charge < -0.3 is 4.74 Å². The lowest BCUT2D eigenvalue weighted by molar-refractivity contribution is -0.276. The molecule has 0 radical (unpaired) electrons. The Morgan fingerprint density at radius 2 is 2.00 bits per heavy atom. The van der Waals surface area contributed by atoms with Crippen LogP contribution in [0, 0.1) is 11.3 Å². The first-order chi connectivity index (χ1) is 8.80. The van der Waals surface area contributed by atoms with E-state index < -0.39 is 36.5 Å². The molecule has 0 unspecified atom stereocenters. The van der Waals surface area contributed by atoms with E-state index in [9.17, 15) is 22.0 Å². The zero-order valence-corrected chi connectivity index (χ0v) is 9.90. The number of hydrogen-bond donors (Lipinski definition) is 0. The molecule has 1 heterocycles. The summed E-state index contributed by atoms with van der Waals surface area (Å²) in [6, 6.07) is 1.56. The van der Waals surface area contributed by atoms with Crippen LogP contribution in [0.5, 0.6) is 5.88 Å². The van der Waals surface area contributed by atoms with Gasteiger partial charge in [0.25, 0.3) is 6.43 Å². The Morgan fingerprint density at radius 1 is 1.37 bits per heavy atom. The van der Waals surface area contributed by atoms with Crippen molar-refractivity contribution < 1.29 is 26.7 Å². The van der Waals surface area contributed by atoms with Gasteiger partial charge in [0, 0.05) is 23.2 Å². The Bertz CT molecular complexity index is 498. The lowest BCUT2D eigenvalue weighted by atomic mass is 10.0. The van der Waals surface area contributed by atoms with Crippen LogP contribution in [0.3, 0.4) is 0 Å². The summed E-state index contributed by atoms with van der Waals surface area (Å²) in [5, 5.41) is 8.55. The standard InChI is InChI=1S/C10H6ClF5N2O/c11-3-6-5(1-2-17)9(19-10(14,15)16)18-4-7(6)8(12)13/h4,8H,1,3H2. The van der Waals surface area contributed by atoms with Crippen molar-refractivity contribution in [2.75, 3.05) is 0 Å². The zero-order chi connectivity index (χ0) is 14.6. The maximum Gasteiger partial charge on any atom is 0.574 e. The largest absolute Gasteiger partial charge is 0.574 e. The minimum absolute atomic E-state index is 0.271. The number of pyridine rings is 1. The normalized spacial score (nSPS) is 11.5. The van der Waals surface area contributed by atoms with Gasteiger partial charge in [-0.3, -0.25) is 0 Å². The molecule has 3 nitrogen and oxygen atoms in total. The summed E-state index contributed by atoms with van der Waals surface area (Å²) in [5.41, 5.74) is -1.27. The van der Waals surface area contributed by atoms with Gasteiger partial charge in [-0.15, -0.1) is 24.8 Å². The molecule has 1 aromatic rings. The molecule has 0 aliphatic carbocycles. The number of halogens is 6. The molecule has 19 heavy (non-hydrogen) atoms. The summed E-state index contributed by atoms with van der Waals surface area (Å²) in [6.45, 7) is 0. The van der Waals surface area contributed by atoms with Gasteiger partial charge >= 0.3 is 6.36 Å². The lowest BCUT2D eigenvalue weighted by Gasteiger charge is -2.15. The number of rotatable bonds is 4. The quantitative estimate of drug-likeness (QED) is 0.629. The fourth-order valence-corrected chi connectivity index (χ4v) is 1.71. The molecule has 0 spiro atoms. The van der Waals surface area contributed by atoms with Gasteiger partial charge in [-0.25, -0.2) is 13.8 Å². The van der Waals surface area contributed by atoms with E-state index in [0.717, 1.165) is 0 Å². The highest BCUT2D eigenvalue weighted by Crippen LogP contribution is 2.33. The van der Waals surface area contributed by atoms with Crippen LogP contribution in [0.1, 0.15) is 23.1 Å². The van der Waals surface area contributed by atoms with Crippen molar-refractivity contribution in [3.05, 3.63) is 22.9 Å². The molecular weight excluding hydrogens is 295 g/mol. The van der Waals surface area contributed by atoms with Crippen molar-refractivity contribution in [3.63, 3.8) is 0 Å². The molecule has 9 heteroatoms. The molecule has 0 saturated heterocycles. The van der Waals surface area contributed by atoms with Crippen molar-refractivity contribution >= 4 is 11.6 Å². The van der Waals surface area contributed by atoms with Gasteiger partial charge in [-0.2, -0.15) is 5.26 Å². The van der Waals surface area contributed by atoms with Crippen molar-refractivity contribution in [3.8, 4) is 11.9 Å². The van der Waals surface area contributed by atoms with Crippen LogP contribution < -0.4 is 4.74 Å². The number of alkyl halides is 6. The molecule has 1 rings (SSSR count). The fraction of sp³-hybridized carbons (Fsp3) is 0.400. The number of ether oxygens (including phenoxy) is 1. The Morgan fingerprint density at radius 3 is 2.42 bits per heavy atom. The summed E-state index contributed by atoms with van der Waals surface area (Å²) in [5.74, 6) is -1.41. The zero-order valence-electron chi connectivity index (χ0n) is 9.14. The van der Waals surface area contributed by atoms with Gasteiger partial charge in [0.05, 0.1) is 12.5 Å². The van der Waals surface area contributed by atoms with Crippen LogP contribution in [0.2, 0.25) is 0 Å². The topological polar surface area (TPSA) is 45.9 Å². The van der Waals surface area contributed by atoms with E-state index in [2.05, 4.69) is 9.72 Å². The van der Waals surface area contributed by atoms with Crippen molar-refractivity contribution in [1.29, 1.82) is 5.26 Å². The van der Waals surface area contributed by atoms with Crippen LogP contribution in [-0.2, 0) is 12.3 Å². The SMILES string of the molecule is N#CCc1c(OC(F)(F)F)ncc(C(F)F)c1CCl. The first-order valence-corrected chi connectivity index (χ1v) is 5.31. The van der Waals surface area contributed by atoms with E-state index >= 15 is 0 Å². The fourth-order valence-electron chi connectivity index (χ4n) is 1.39. The number of nitrogens with zero attached hydrogens (tertiary/aromatic N) is 2. The first kappa shape index (κ1) is 15.4. The van der Waals surface area contributed by atoms with Gasteiger partial charge in [0.1, 0.15) is 0 Å². The van der Waals surface area contributed by atoms with E-state index in [1.165, 1.54) is 0 Å². The Labute approximate surface area is 109 Å². The van der Waals surface area contributed by atoms with Crippen LogP contribution in [0.25, 0.3) is 0 Å². The minimum Gasteiger partial charge on any atom is -0.388 e. The minimum atomic E-state index is -5.03. The first-order valence-electron chi connectivity index (χ1n) is 4.77. The predicted octanol–water partition coefficient (Wildman–Crippen LogP) is 3.72. The van der Waals surface area contributed by atoms with E-state index in [-0.39, 0.29) is 11.1 Å². The van der Waals surface area contributed by atoms with Crippen LogP contribution >= 0.6 is 11.6 Å². The number of aromatic nitrogens is 1. The summed E-state index contributed by atoms with van der Waals surface area (Å²) < 4.78 is 65.3. The monoisotopic (exact) mass is 300 g/mol. The molecule has 1 aromatic heterocycles. The predicted molar refractivity (Wildman–Crippen MR) is 54.8 cm³/mol. The highest BCUT2D eigenvalue weighted by molar-refractivity contribution is 6.17. The molecule has 0 amide bonds. The lowest BCUT2D eigenvalue weighted by Crippen LogP contribution is -2.20. The molecule has 0 aliphatic rings. The molecule has 0 bridgehead atoms. The van der Waals surface area contributed by atoms with Crippen LogP contribution in [-0.4, -0.2) is 11.3 Å². The summed E-state index contributed by atoms with van der Waals surface area (Å²) >= 11 is 5.45. The number of hydrogen-bond acceptors (Lipinski definition) is 3. The molecular formula is C10H6ClF5N2O. The Balaban J connectivity index is 3.37. The number of nitriles is 1. The molecule has 0 fully saturated rings. The highest BCUT2D eigenvalue weighted by Gasteiger charge is 2.34. The van der Waals surface area contributed by atoms with Crippen LogP contribution in [0.15, 0.2) is 6.20 Å². The van der Waals surface area contributed by atoms with Crippen LogP contribution in [0.4, 0.5) is 22.0 Å². The molecule has 0 aliphatic heterocycles. The Kier molecular flexibility index (Phi) is 4.89. The third-order valence-corrected chi connectivity index (χ3v) is 2.40. The third kappa shape index (κ3) is 3.92. The van der Waals surface area contributed by atoms with E-state index in [4.69, 9.17) is 16.9 Å². The second kappa shape index (κ2) is 6.02. The maximum atomic E-state index is 12.7. The van der Waals surface area contributed by atoms with Gasteiger partial charge in [0.2, 0.25) is 5.88 Å². The third-order valence-electron chi connectivity index (χ3n) is 2.13. The maximum absolute atomic E-state index is 12.7. The second-order valence-corrected chi connectivity index (χ2v) is 3.56. The van der Waals surface area contributed by atoms with E-state index in [0.29, 0.717) is 6.20 Å². The summed E-state index contributed by atoms with van der Waals surface area (Å²) in [7, 11) is 0. The Hall–Kier alpha value is -1.62. The molecule has 0 saturated carbocycles. The molecule has 104 valence electrons. The average Bonchev–Trinajstić information content (AvgIpc) is 2.28. The summed E-state index contributed by atoms with van der Waals surface area (Å²) in [4.78, 5) is 3.18. The average molecular weight is 301 g/mol. The summed E-state index contributed by atoms with van der Waals surface area (Å²) in [6.07, 6.45) is -8.00. The van der Waals surface area contributed by atoms with Gasteiger partial charge in [-0.1, -0.05) is 0 Å². The van der Waals surface area contributed by atoms with Crippen molar-refractivity contribution in [2.24, 2.45) is 0 Å². The van der Waals surface area contributed by atoms with E-state index in [1.54, 1.807) is 6.07 Å². The smallest absolute Gasteiger partial charge is 0.388 e. The highest BCUT2D eigenvalue weighted by atomic mass is 35.5. The van der Waals surface area contributed by atoms with Gasteiger partial charge in [-0.05, 0) is 5.56 Å². The van der Waals surface area contributed by atoms with Gasteiger partial charge in [0.15, 0.2) is 0 Å². The van der Waals surface area contributed by atoms with Crippen molar-refractivity contribution in [1.82, 2.24) is 4.98 Å². The second-order valence-electron chi connectivity index (χ2n) is 3.29. The van der Waals surface area contributed by atoms with Crippen molar-refractivity contribution in [2.45, 2.75) is 25.1 Å². The molecule has 0 N–H and O–H groups in total. The van der Waals surface area contributed by atoms with E-state index in [1.807, 2.05) is 0 Å². The molecule has 0 atom stereocenters.